The summed E-state index contributed by atoms with van der Waals surface area (Å²) < 4.78 is 0. The molecule has 0 unspecified atom stereocenters. The Kier molecular flexibility index (Phi) is 4.19. The largest absolute Gasteiger partial charge is 0.312 e. The van der Waals surface area contributed by atoms with E-state index in [9.17, 15) is 0 Å². The molecule has 0 bridgehead atoms. The minimum absolute atomic E-state index is 0.241. The van der Waals surface area contributed by atoms with Gasteiger partial charge in [0.05, 0.1) is 12.3 Å². The number of hydrogen-bond acceptors (Lipinski definition) is 5. The first kappa shape index (κ1) is 16.4. The van der Waals surface area contributed by atoms with E-state index < -0.39 is 0 Å². The predicted molar refractivity (Wildman–Crippen MR) is 105 cm³/mol. The number of benzene rings is 1. The average molecular weight is 372 g/mol. The van der Waals surface area contributed by atoms with E-state index in [0.29, 0.717) is 16.7 Å². The molecule has 2 aromatic rings. The Morgan fingerprint density at radius 3 is 2.92 bits per heavy atom. The first-order valence-electron chi connectivity index (χ1n) is 8.15. The van der Waals surface area contributed by atoms with E-state index in [1.165, 1.54) is 10.4 Å². The van der Waals surface area contributed by atoms with Crippen molar-refractivity contribution >= 4 is 45.3 Å². The standard InChI is InChI=1S/C18H18ClN5S/c1-10(20)24-15(21)9-23-17(11-4-2-3-5-13(11)19)16-12-6-7-22-8-14(12)25-18(16)24/h2-5,20-22H,6-9H2,1H3. The fourth-order valence-corrected chi connectivity index (χ4v) is 5.00. The van der Waals surface area contributed by atoms with E-state index in [0.717, 1.165) is 41.4 Å². The van der Waals surface area contributed by atoms with Crippen LogP contribution in [0.5, 0.6) is 0 Å². The van der Waals surface area contributed by atoms with Gasteiger partial charge in [-0.1, -0.05) is 29.8 Å². The second-order valence-electron chi connectivity index (χ2n) is 6.12. The summed E-state index contributed by atoms with van der Waals surface area (Å²) in [6.07, 6.45) is 0.920. The molecule has 0 atom stereocenters. The topological polar surface area (TPSA) is 75.3 Å². The molecule has 1 aromatic carbocycles. The molecule has 7 heteroatoms. The Labute approximate surface area is 155 Å². The van der Waals surface area contributed by atoms with Crippen molar-refractivity contribution in [3.63, 3.8) is 0 Å². The lowest BCUT2D eigenvalue weighted by molar-refractivity contribution is 0.654. The van der Waals surface area contributed by atoms with Crippen LogP contribution < -0.4 is 10.2 Å². The smallest absolute Gasteiger partial charge is 0.129 e. The highest BCUT2D eigenvalue weighted by atomic mass is 35.5. The Hall–Kier alpha value is -2.02. The van der Waals surface area contributed by atoms with Gasteiger partial charge in [0.15, 0.2) is 0 Å². The van der Waals surface area contributed by atoms with Crippen molar-refractivity contribution in [2.24, 2.45) is 4.99 Å². The number of hydrogen-bond donors (Lipinski definition) is 3. The molecule has 25 heavy (non-hydrogen) atoms. The predicted octanol–water partition coefficient (Wildman–Crippen LogP) is 3.68. The molecule has 0 spiro atoms. The molecular weight excluding hydrogens is 354 g/mol. The van der Waals surface area contributed by atoms with Gasteiger partial charge in [-0.2, -0.15) is 0 Å². The molecule has 2 aliphatic heterocycles. The summed E-state index contributed by atoms with van der Waals surface area (Å²) in [4.78, 5) is 7.72. The quantitative estimate of drug-likeness (QED) is 0.528. The van der Waals surface area contributed by atoms with Gasteiger partial charge < -0.3 is 5.32 Å². The van der Waals surface area contributed by atoms with Crippen molar-refractivity contribution in [1.29, 1.82) is 10.8 Å². The molecule has 128 valence electrons. The zero-order chi connectivity index (χ0) is 17.6. The Morgan fingerprint density at radius 2 is 2.16 bits per heavy atom. The maximum absolute atomic E-state index is 8.40. The van der Waals surface area contributed by atoms with Crippen LogP contribution in [0.4, 0.5) is 5.00 Å². The van der Waals surface area contributed by atoms with Crippen LogP contribution in [-0.4, -0.2) is 30.5 Å². The van der Waals surface area contributed by atoms with E-state index in [1.54, 1.807) is 23.2 Å². The number of aliphatic imine (C=N–C) groups is 1. The maximum atomic E-state index is 8.40. The normalized spacial score (nSPS) is 16.8. The third-order valence-electron chi connectivity index (χ3n) is 4.47. The van der Waals surface area contributed by atoms with Crippen LogP contribution >= 0.6 is 22.9 Å². The molecule has 0 aliphatic carbocycles. The lowest BCUT2D eigenvalue weighted by atomic mass is 9.96. The summed E-state index contributed by atoms with van der Waals surface area (Å²) in [5.74, 6) is 0.663. The van der Waals surface area contributed by atoms with Gasteiger partial charge in [-0.05, 0) is 31.5 Å². The van der Waals surface area contributed by atoms with Gasteiger partial charge in [0.2, 0.25) is 0 Å². The van der Waals surface area contributed by atoms with Crippen LogP contribution in [0.1, 0.15) is 28.5 Å². The number of thiophene rings is 1. The van der Waals surface area contributed by atoms with Crippen LogP contribution in [-0.2, 0) is 13.0 Å². The second kappa shape index (κ2) is 6.37. The van der Waals surface area contributed by atoms with Gasteiger partial charge in [-0.25, -0.2) is 0 Å². The molecule has 4 rings (SSSR count). The summed E-state index contributed by atoms with van der Waals surface area (Å²) in [6.45, 7) is 3.70. The van der Waals surface area contributed by atoms with Crippen molar-refractivity contribution in [3.8, 4) is 0 Å². The van der Waals surface area contributed by atoms with Gasteiger partial charge in [0, 0.05) is 27.6 Å². The van der Waals surface area contributed by atoms with Crippen LogP contribution in [0.3, 0.4) is 0 Å². The first-order valence-corrected chi connectivity index (χ1v) is 9.35. The minimum atomic E-state index is 0.241. The number of amidine groups is 2. The summed E-state index contributed by atoms with van der Waals surface area (Å²) >= 11 is 8.12. The van der Waals surface area contributed by atoms with E-state index in [-0.39, 0.29) is 6.54 Å². The molecule has 5 nitrogen and oxygen atoms in total. The van der Waals surface area contributed by atoms with Crippen LogP contribution in [0.2, 0.25) is 5.02 Å². The summed E-state index contributed by atoms with van der Waals surface area (Å²) in [5.41, 5.74) is 4.05. The number of nitrogens with zero attached hydrogens (tertiary/aromatic N) is 2. The van der Waals surface area contributed by atoms with Gasteiger partial charge in [0.1, 0.15) is 16.7 Å². The van der Waals surface area contributed by atoms with Crippen LogP contribution in [0.25, 0.3) is 0 Å². The van der Waals surface area contributed by atoms with E-state index >= 15 is 0 Å². The van der Waals surface area contributed by atoms with Gasteiger partial charge >= 0.3 is 0 Å². The molecule has 0 fully saturated rings. The zero-order valence-corrected chi connectivity index (χ0v) is 15.4. The molecule has 3 N–H and O–H groups in total. The monoisotopic (exact) mass is 371 g/mol. The third-order valence-corrected chi connectivity index (χ3v) is 6.02. The maximum Gasteiger partial charge on any atom is 0.129 e. The Morgan fingerprint density at radius 1 is 1.36 bits per heavy atom. The fourth-order valence-electron chi connectivity index (χ4n) is 3.38. The van der Waals surface area contributed by atoms with Crippen LogP contribution in [0, 0.1) is 10.8 Å². The Bertz CT molecular complexity index is 914. The molecular formula is C18H18ClN5S. The van der Waals surface area contributed by atoms with Crippen LogP contribution in [0.15, 0.2) is 29.3 Å². The van der Waals surface area contributed by atoms with Crippen molar-refractivity contribution in [1.82, 2.24) is 5.32 Å². The highest BCUT2D eigenvalue weighted by Crippen LogP contribution is 2.41. The third kappa shape index (κ3) is 2.70. The molecule has 0 saturated carbocycles. The van der Waals surface area contributed by atoms with Crippen molar-refractivity contribution in [2.45, 2.75) is 19.9 Å². The summed E-state index contributed by atoms with van der Waals surface area (Å²) in [6, 6.07) is 7.72. The van der Waals surface area contributed by atoms with E-state index in [1.807, 2.05) is 24.3 Å². The number of anilines is 1. The molecule has 2 aliphatic rings. The summed E-state index contributed by atoms with van der Waals surface area (Å²) in [5, 5.41) is 21.6. The van der Waals surface area contributed by atoms with E-state index in [2.05, 4.69) is 5.32 Å². The van der Waals surface area contributed by atoms with Crippen molar-refractivity contribution < 1.29 is 0 Å². The minimum Gasteiger partial charge on any atom is -0.312 e. The number of rotatable bonds is 1. The van der Waals surface area contributed by atoms with E-state index in [4.69, 9.17) is 27.4 Å². The zero-order valence-electron chi connectivity index (χ0n) is 13.8. The lowest BCUT2D eigenvalue weighted by Gasteiger charge is -2.21. The highest BCUT2D eigenvalue weighted by molar-refractivity contribution is 7.17. The van der Waals surface area contributed by atoms with Gasteiger partial charge in [-0.3, -0.25) is 20.7 Å². The summed E-state index contributed by atoms with van der Waals surface area (Å²) in [7, 11) is 0. The molecule has 0 amide bonds. The molecule has 3 heterocycles. The second-order valence-corrected chi connectivity index (χ2v) is 7.61. The molecule has 0 radical (unpaired) electrons. The SMILES string of the molecule is CC(=N)N1C(=N)CN=C(c2ccccc2Cl)c2c1sc1c2CCNC1. The highest BCUT2D eigenvalue weighted by Gasteiger charge is 2.32. The average Bonchev–Trinajstić information content (AvgIpc) is 2.88. The number of halogens is 1. The van der Waals surface area contributed by atoms with Crippen molar-refractivity contribution in [3.05, 3.63) is 50.9 Å². The van der Waals surface area contributed by atoms with Gasteiger partial charge in [-0.15, -0.1) is 11.3 Å². The fraction of sp³-hybridized carbons (Fsp3) is 0.278. The number of fused-ring (bicyclic) bond motifs is 3. The molecule has 1 aromatic heterocycles. The van der Waals surface area contributed by atoms with Gasteiger partial charge in [0.25, 0.3) is 0 Å². The molecule has 0 saturated heterocycles. The number of nitrogens with one attached hydrogen (secondary N) is 3. The Balaban J connectivity index is 2.00. The lowest BCUT2D eigenvalue weighted by Crippen LogP contribution is -2.35. The first-order chi connectivity index (χ1) is 12.1. The van der Waals surface area contributed by atoms with Crippen molar-refractivity contribution in [2.75, 3.05) is 18.0 Å².